The summed E-state index contributed by atoms with van der Waals surface area (Å²) >= 11 is 1.61. The molecular weight excluding hydrogens is 292 g/mol. The minimum atomic E-state index is 0.854. The predicted octanol–water partition coefficient (Wildman–Crippen LogP) is 5.18. The van der Waals surface area contributed by atoms with Crippen LogP contribution in [0, 0.1) is 13.8 Å². The number of hydrogen-bond donors (Lipinski definition) is 1. The van der Waals surface area contributed by atoms with E-state index < -0.39 is 0 Å². The molecule has 0 atom stereocenters. The van der Waals surface area contributed by atoms with Crippen molar-refractivity contribution < 1.29 is 4.74 Å². The van der Waals surface area contributed by atoms with Gasteiger partial charge in [-0.15, -0.1) is 11.3 Å². The summed E-state index contributed by atoms with van der Waals surface area (Å²) in [5.74, 6) is 0.854. The van der Waals surface area contributed by atoms with Crippen LogP contribution in [0.3, 0.4) is 0 Å². The third-order valence-corrected chi connectivity index (χ3v) is 4.49. The van der Waals surface area contributed by atoms with Crippen molar-refractivity contribution in [2.45, 2.75) is 13.8 Å². The second-order valence-electron chi connectivity index (χ2n) is 5.14. The Bertz CT molecular complexity index is 778. The van der Waals surface area contributed by atoms with Crippen LogP contribution in [0.2, 0.25) is 0 Å². The lowest BCUT2D eigenvalue weighted by molar-refractivity contribution is 0.415. The van der Waals surface area contributed by atoms with Crippen LogP contribution in [0.5, 0.6) is 5.75 Å². The van der Waals surface area contributed by atoms with Crippen LogP contribution in [-0.2, 0) is 0 Å². The van der Waals surface area contributed by atoms with E-state index in [2.05, 4.69) is 47.7 Å². The van der Waals surface area contributed by atoms with Crippen molar-refractivity contribution in [3.8, 4) is 17.0 Å². The maximum atomic E-state index is 5.18. The van der Waals surface area contributed by atoms with Crippen LogP contribution in [0.1, 0.15) is 11.1 Å². The van der Waals surface area contributed by atoms with Gasteiger partial charge in [0, 0.05) is 16.6 Å². The van der Waals surface area contributed by atoms with Crippen molar-refractivity contribution in [3.05, 3.63) is 59.0 Å². The third-order valence-electron chi connectivity index (χ3n) is 3.74. The zero-order valence-corrected chi connectivity index (χ0v) is 13.7. The first-order valence-electron chi connectivity index (χ1n) is 7.10. The van der Waals surface area contributed by atoms with Gasteiger partial charge in [-0.25, -0.2) is 4.98 Å². The molecule has 1 heterocycles. The number of anilines is 2. The standard InChI is InChI=1S/C18H18N2OS/c1-12-5-4-6-16(13(12)2)19-18-20-17(11-22-18)14-7-9-15(21-3)10-8-14/h4-11H,1-3H3,(H,19,20). The van der Waals surface area contributed by atoms with Gasteiger partial charge in [-0.05, 0) is 55.3 Å². The topological polar surface area (TPSA) is 34.1 Å². The summed E-state index contributed by atoms with van der Waals surface area (Å²) in [6.45, 7) is 4.24. The number of hydrogen-bond acceptors (Lipinski definition) is 4. The largest absolute Gasteiger partial charge is 0.497 e. The first-order chi connectivity index (χ1) is 10.7. The number of thiazole rings is 1. The van der Waals surface area contributed by atoms with Crippen LogP contribution in [-0.4, -0.2) is 12.1 Å². The number of methoxy groups -OCH3 is 1. The molecule has 0 radical (unpaired) electrons. The second-order valence-corrected chi connectivity index (χ2v) is 6.00. The number of ether oxygens (including phenoxy) is 1. The van der Waals surface area contributed by atoms with Gasteiger partial charge in [-0.1, -0.05) is 12.1 Å². The second kappa shape index (κ2) is 6.20. The van der Waals surface area contributed by atoms with Crippen LogP contribution >= 0.6 is 11.3 Å². The van der Waals surface area contributed by atoms with E-state index in [1.54, 1.807) is 18.4 Å². The van der Waals surface area contributed by atoms with Crippen molar-refractivity contribution >= 4 is 22.2 Å². The fourth-order valence-electron chi connectivity index (χ4n) is 2.23. The van der Waals surface area contributed by atoms with E-state index in [1.165, 1.54) is 11.1 Å². The summed E-state index contributed by atoms with van der Waals surface area (Å²) in [5.41, 5.74) is 5.70. The highest BCUT2D eigenvalue weighted by molar-refractivity contribution is 7.14. The number of nitrogens with one attached hydrogen (secondary N) is 1. The number of aryl methyl sites for hydroxylation is 1. The van der Waals surface area contributed by atoms with Gasteiger partial charge in [0.05, 0.1) is 12.8 Å². The maximum absolute atomic E-state index is 5.18. The smallest absolute Gasteiger partial charge is 0.187 e. The normalized spacial score (nSPS) is 10.5. The summed E-state index contributed by atoms with van der Waals surface area (Å²) in [7, 11) is 1.67. The van der Waals surface area contributed by atoms with E-state index in [0.29, 0.717) is 0 Å². The molecule has 0 aliphatic rings. The molecule has 1 N–H and O–H groups in total. The van der Waals surface area contributed by atoms with Gasteiger partial charge < -0.3 is 10.1 Å². The fourth-order valence-corrected chi connectivity index (χ4v) is 2.96. The van der Waals surface area contributed by atoms with Crippen molar-refractivity contribution in [1.29, 1.82) is 0 Å². The van der Waals surface area contributed by atoms with Crippen LogP contribution in [0.4, 0.5) is 10.8 Å². The molecule has 4 heteroatoms. The zero-order valence-electron chi connectivity index (χ0n) is 12.9. The Labute approximate surface area is 134 Å². The van der Waals surface area contributed by atoms with E-state index in [0.717, 1.165) is 27.8 Å². The molecule has 0 spiro atoms. The fraction of sp³-hybridized carbons (Fsp3) is 0.167. The highest BCUT2D eigenvalue weighted by atomic mass is 32.1. The lowest BCUT2D eigenvalue weighted by Crippen LogP contribution is -1.94. The van der Waals surface area contributed by atoms with Gasteiger partial charge >= 0.3 is 0 Å². The van der Waals surface area contributed by atoms with Gasteiger partial charge in [0.25, 0.3) is 0 Å². The summed E-state index contributed by atoms with van der Waals surface area (Å²) in [4.78, 5) is 4.67. The molecule has 112 valence electrons. The van der Waals surface area contributed by atoms with Gasteiger partial charge in [0.2, 0.25) is 0 Å². The quantitative estimate of drug-likeness (QED) is 0.721. The number of aromatic nitrogens is 1. The van der Waals surface area contributed by atoms with Crippen molar-refractivity contribution in [1.82, 2.24) is 4.98 Å². The lowest BCUT2D eigenvalue weighted by Gasteiger charge is -2.08. The van der Waals surface area contributed by atoms with E-state index in [9.17, 15) is 0 Å². The molecule has 3 rings (SSSR count). The van der Waals surface area contributed by atoms with Crippen molar-refractivity contribution in [2.75, 3.05) is 12.4 Å². The highest BCUT2D eigenvalue weighted by Crippen LogP contribution is 2.29. The van der Waals surface area contributed by atoms with Gasteiger partial charge in [-0.3, -0.25) is 0 Å². The molecule has 22 heavy (non-hydrogen) atoms. The number of benzene rings is 2. The number of nitrogens with zero attached hydrogens (tertiary/aromatic N) is 1. The maximum Gasteiger partial charge on any atom is 0.187 e. The molecule has 0 unspecified atom stereocenters. The average molecular weight is 310 g/mol. The molecule has 0 saturated carbocycles. The Balaban J connectivity index is 1.82. The molecule has 1 aromatic heterocycles. The monoisotopic (exact) mass is 310 g/mol. The van der Waals surface area contributed by atoms with Crippen molar-refractivity contribution in [3.63, 3.8) is 0 Å². The molecular formula is C18H18N2OS. The van der Waals surface area contributed by atoms with E-state index in [4.69, 9.17) is 4.74 Å². The van der Waals surface area contributed by atoms with E-state index >= 15 is 0 Å². The molecule has 3 aromatic rings. The van der Waals surface area contributed by atoms with E-state index in [-0.39, 0.29) is 0 Å². The summed E-state index contributed by atoms with van der Waals surface area (Å²) < 4.78 is 5.18. The highest BCUT2D eigenvalue weighted by Gasteiger charge is 2.07. The minimum Gasteiger partial charge on any atom is -0.497 e. The number of rotatable bonds is 4. The van der Waals surface area contributed by atoms with Gasteiger partial charge in [0.1, 0.15) is 5.75 Å². The molecule has 0 bridgehead atoms. The lowest BCUT2D eigenvalue weighted by atomic mass is 10.1. The van der Waals surface area contributed by atoms with Crippen LogP contribution in [0.25, 0.3) is 11.3 Å². The Kier molecular flexibility index (Phi) is 4.11. The molecule has 2 aromatic carbocycles. The Hall–Kier alpha value is -2.33. The third kappa shape index (κ3) is 2.97. The van der Waals surface area contributed by atoms with Crippen LogP contribution < -0.4 is 10.1 Å². The van der Waals surface area contributed by atoms with Crippen molar-refractivity contribution in [2.24, 2.45) is 0 Å². The molecule has 0 aliphatic carbocycles. The Morgan fingerprint density at radius 2 is 1.82 bits per heavy atom. The average Bonchev–Trinajstić information content (AvgIpc) is 3.00. The van der Waals surface area contributed by atoms with E-state index in [1.807, 2.05) is 24.3 Å². The van der Waals surface area contributed by atoms with Crippen LogP contribution in [0.15, 0.2) is 47.8 Å². The first kappa shape index (κ1) is 14.6. The molecule has 0 amide bonds. The summed E-state index contributed by atoms with van der Waals surface area (Å²) in [6, 6.07) is 14.2. The molecule has 0 saturated heterocycles. The molecule has 0 aliphatic heterocycles. The van der Waals surface area contributed by atoms with Gasteiger partial charge in [0.15, 0.2) is 5.13 Å². The Morgan fingerprint density at radius 1 is 1.05 bits per heavy atom. The molecule has 0 fully saturated rings. The Morgan fingerprint density at radius 3 is 2.55 bits per heavy atom. The summed E-state index contributed by atoms with van der Waals surface area (Å²) in [6.07, 6.45) is 0. The summed E-state index contributed by atoms with van der Waals surface area (Å²) in [5, 5.41) is 6.38. The SMILES string of the molecule is COc1ccc(-c2csc(Nc3cccc(C)c3C)n2)cc1. The predicted molar refractivity (Wildman–Crippen MR) is 93.3 cm³/mol. The zero-order chi connectivity index (χ0) is 15.5. The minimum absolute atomic E-state index is 0.854. The molecule has 3 nitrogen and oxygen atoms in total. The first-order valence-corrected chi connectivity index (χ1v) is 7.98. The van der Waals surface area contributed by atoms with Gasteiger partial charge in [-0.2, -0.15) is 0 Å².